The molecule has 1 atom stereocenters. The van der Waals surface area contributed by atoms with Crippen LogP contribution in [0.25, 0.3) is 0 Å². The summed E-state index contributed by atoms with van der Waals surface area (Å²) in [6.45, 7) is 4.02. The van der Waals surface area contributed by atoms with Gasteiger partial charge >= 0.3 is 6.03 Å². The molecule has 0 radical (unpaired) electrons. The normalized spacial score (nSPS) is 20.7. The molecule has 5 heteroatoms. The number of rotatable bonds is 3. The minimum absolute atomic E-state index is 0.231. The molecule has 0 saturated carbocycles. The zero-order valence-electron chi connectivity index (χ0n) is 13.0. The maximum atomic E-state index is 12.8. The Kier molecular flexibility index (Phi) is 3.98. The van der Waals surface area contributed by atoms with E-state index >= 15 is 0 Å². The SMILES string of the molecule is Cc1ccc(CN2C(=O)N[C@@](C)(c3ccc(Br)cc3)C2=O)cc1. The van der Waals surface area contributed by atoms with Crippen molar-refractivity contribution in [3.63, 3.8) is 0 Å². The van der Waals surface area contributed by atoms with Crippen LogP contribution in [0, 0.1) is 6.92 Å². The number of aryl methyl sites for hydroxylation is 1. The second-order valence-electron chi connectivity index (χ2n) is 5.94. The fraction of sp³-hybridized carbons (Fsp3) is 0.222. The van der Waals surface area contributed by atoms with Crippen LogP contribution in [0.2, 0.25) is 0 Å². The van der Waals surface area contributed by atoms with Crippen molar-refractivity contribution in [2.45, 2.75) is 25.9 Å². The van der Waals surface area contributed by atoms with Crippen LogP contribution >= 0.6 is 15.9 Å². The third kappa shape index (κ3) is 2.88. The standard InChI is InChI=1S/C18H17BrN2O2/c1-12-3-5-13(6-4-12)11-21-16(22)18(2,20-17(21)23)14-7-9-15(19)10-8-14/h3-10H,11H2,1-2H3,(H,20,23)/t18-/m0/s1. The highest BCUT2D eigenvalue weighted by Crippen LogP contribution is 2.30. The van der Waals surface area contributed by atoms with Gasteiger partial charge in [0, 0.05) is 4.47 Å². The molecule has 0 aromatic heterocycles. The van der Waals surface area contributed by atoms with Crippen molar-refractivity contribution >= 4 is 27.9 Å². The van der Waals surface area contributed by atoms with Gasteiger partial charge in [0.2, 0.25) is 0 Å². The summed E-state index contributed by atoms with van der Waals surface area (Å²) in [4.78, 5) is 26.4. The summed E-state index contributed by atoms with van der Waals surface area (Å²) in [5.41, 5.74) is 1.82. The Morgan fingerprint density at radius 1 is 1.04 bits per heavy atom. The second kappa shape index (κ2) is 5.81. The molecule has 1 aliphatic rings. The maximum Gasteiger partial charge on any atom is 0.325 e. The Labute approximate surface area is 143 Å². The van der Waals surface area contributed by atoms with Crippen molar-refractivity contribution in [2.75, 3.05) is 0 Å². The van der Waals surface area contributed by atoms with Crippen LogP contribution in [0.5, 0.6) is 0 Å². The predicted octanol–water partition coefficient (Wildman–Crippen LogP) is 3.72. The molecule has 2 aromatic carbocycles. The van der Waals surface area contributed by atoms with Crippen LogP contribution in [0.3, 0.4) is 0 Å². The molecule has 118 valence electrons. The van der Waals surface area contributed by atoms with Crippen LogP contribution in [0.15, 0.2) is 53.0 Å². The summed E-state index contributed by atoms with van der Waals surface area (Å²) >= 11 is 3.38. The molecule has 0 spiro atoms. The number of benzene rings is 2. The lowest BCUT2D eigenvalue weighted by Gasteiger charge is -2.22. The van der Waals surface area contributed by atoms with Crippen molar-refractivity contribution in [3.05, 3.63) is 69.7 Å². The van der Waals surface area contributed by atoms with E-state index in [9.17, 15) is 9.59 Å². The summed E-state index contributed by atoms with van der Waals surface area (Å²) in [6.07, 6.45) is 0. The first-order valence-corrected chi connectivity index (χ1v) is 8.15. The average Bonchev–Trinajstić information content (AvgIpc) is 2.74. The number of halogens is 1. The van der Waals surface area contributed by atoms with E-state index < -0.39 is 5.54 Å². The predicted molar refractivity (Wildman–Crippen MR) is 91.8 cm³/mol. The Morgan fingerprint density at radius 3 is 2.26 bits per heavy atom. The Hall–Kier alpha value is -2.14. The molecule has 1 N–H and O–H groups in total. The van der Waals surface area contributed by atoms with Crippen molar-refractivity contribution < 1.29 is 9.59 Å². The summed E-state index contributed by atoms with van der Waals surface area (Å²) in [5, 5.41) is 2.82. The summed E-state index contributed by atoms with van der Waals surface area (Å²) in [5.74, 6) is -0.231. The highest BCUT2D eigenvalue weighted by atomic mass is 79.9. The van der Waals surface area contributed by atoms with Crippen molar-refractivity contribution in [2.24, 2.45) is 0 Å². The van der Waals surface area contributed by atoms with Gasteiger partial charge in [-0.3, -0.25) is 9.69 Å². The van der Waals surface area contributed by atoms with Gasteiger partial charge in [-0.25, -0.2) is 4.79 Å². The van der Waals surface area contributed by atoms with Gasteiger partial charge < -0.3 is 5.32 Å². The molecule has 23 heavy (non-hydrogen) atoms. The summed E-state index contributed by atoms with van der Waals surface area (Å²) < 4.78 is 0.929. The molecule has 4 nitrogen and oxygen atoms in total. The molecule has 2 aromatic rings. The Morgan fingerprint density at radius 2 is 1.65 bits per heavy atom. The van der Waals surface area contributed by atoms with Gasteiger partial charge in [0.05, 0.1) is 6.54 Å². The smallest absolute Gasteiger partial charge is 0.319 e. The monoisotopic (exact) mass is 372 g/mol. The van der Waals surface area contributed by atoms with Crippen molar-refractivity contribution in [1.29, 1.82) is 0 Å². The molecule has 1 saturated heterocycles. The molecule has 0 aliphatic carbocycles. The fourth-order valence-electron chi connectivity index (χ4n) is 2.70. The quantitative estimate of drug-likeness (QED) is 0.834. The first-order chi connectivity index (χ1) is 10.9. The van der Waals surface area contributed by atoms with E-state index in [2.05, 4.69) is 21.2 Å². The molecule has 1 heterocycles. The number of imide groups is 1. The van der Waals surface area contributed by atoms with Gasteiger partial charge in [0.1, 0.15) is 5.54 Å². The van der Waals surface area contributed by atoms with Gasteiger partial charge in [0.25, 0.3) is 5.91 Å². The van der Waals surface area contributed by atoms with Crippen LogP contribution in [0.4, 0.5) is 4.79 Å². The van der Waals surface area contributed by atoms with Crippen LogP contribution in [-0.2, 0) is 16.9 Å². The fourth-order valence-corrected chi connectivity index (χ4v) is 2.96. The first-order valence-electron chi connectivity index (χ1n) is 7.36. The lowest BCUT2D eigenvalue weighted by atomic mass is 9.92. The lowest BCUT2D eigenvalue weighted by Crippen LogP contribution is -2.40. The Bertz CT molecular complexity index is 756. The number of hydrogen-bond acceptors (Lipinski definition) is 2. The van der Waals surface area contributed by atoms with Gasteiger partial charge in [-0.15, -0.1) is 0 Å². The topological polar surface area (TPSA) is 49.4 Å². The minimum Gasteiger partial charge on any atom is -0.319 e. The summed E-state index contributed by atoms with van der Waals surface area (Å²) in [6, 6.07) is 14.9. The van der Waals surface area contributed by atoms with Crippen LogP contribution in [-0.4, -0.2) is 16.8 Å². The van der Waals surface area contributed by atoms with Crippen molar-refractivity contribution in [1.82, 2.24) is 10.2 Å². The van der Waals surface area contributed by atoms with Gasteiger partial charge in [0.15, 0.2) is 0 Å². The van der Waals surface area contributed by atoms with Crippen molar-refractivity contribution in [3.8, 4) is 0 Å². The number of urea groups is 1. The molecule has 3 rings (SSSR count). The number of carbonyl (C=O) groups is 2. The highest BCUT2D eigenvalue weighted by molar-refractivity contribution is 9.10. The van der Waals surface area contributed by atoms with E-state index in [0.717, 1.165) is 21.2 Å². The van der Waals surface area contributed by atoms with Crippen LogP contribution in [0.1, 0.15) is 23.6 Å². The largest absolute Gasteiger partial charge is 0.325 e. The number of amides is 3. The van der Waals surface area contributed by atoms with E-state index in [4.69, 9.17) is 0 Å². The molecule has 3 amide bonds. The lowest BCUT2D eigenvalue weighted by molar-refractivity contribution is -0.131. The molecule has 0 unspecified atom stereocenters. The van der Waals surface area contributed by atoms with Gasteiger partial charge in [-0.1, -0.05) is 57.9 Å². The first kappa shape index (κ1) is 15.7. The van der Waals surface area contributed by atoms with Gasteiger partial charge in [-0.2, -0.15) is 0 Å². The summed E-state index contributed by atoms with van der Waals surface area (Å²) in [7, 11) is 0. The molecular formula is C18H17BrN2O2. The average molecular weight is 373 g/mol. The van der Waals surface area contributed by atoms with E-state index in [-0.39, 0.29) is 18.5 Å². The molecular weight excluding hydrogens is 356 g/mol. The number of carbonyl (C=O) groups excluding carboxylic acids is 2. The van der Waals surface area contributed by atoms with E-state index in [1.165, 1.54) is 4.90 Å². The van der Waals surface area contributed by atoms with E-state index in [0.29, 0.717) is 0 Å². The number of hydrogen-bond donors (Lipinski definition) is 1. The minimum atomic E-state index is -1.03. The second-order valence-corrected chi connectivity index (χ2v) is 6.85. The highest BCUT2D eigenvalue weighted by Gasteiger charge is 2.48. The number of nitrogens with one attached hydrogen (secondary N) is 1. The third-order valence-electron chi connectivity index (χ3n) is 4.16. The van der Waals surface area contributed by atoms with E-state index in [1.54, 1.807) is 6.92 Å². The molecule has 1 aliphatic heterocycles. The maximum absolute atomic E-state index is 12.8. The zero-order valence-corrected chi connectivity index (χ0v) is 14.6. The number of nitrogens with zero attached hydrogens (tertiary/aromatic N) is 1. The third-order valence-corrected chi connectivity index (χ3v) is 4.69. The molecule has 1 fully saturated rings. The molecule has 0 bridgehead atoms. The Balaban J connectivity index is 1.87. The van der Waals surface area contributed by atoms with Crippen LogP contribution < -0.4 is 5.32 Å². The zero-order chi connectivity index (χ0) is 16.6. The van der Waals surface area contributed by atoms with E-state index in [1.807, 2.05) is 55.5 Å². The van der Waals surface area contributed by atoms with Gasteiger partial charge in [-0.05, 0) is 37.1 Å².